The van der Waals surface area contributed by atoms with E-state index in [4.69, 9.17) is 14.2 Å². The lowest BCUT2D eigenvalue weighted by Crippen LogP contribution is -2.37. The summed E-state index contributed by atoms with van der Waals surface area (Å²) in [5, 5.41) is 19.4. The highest BCUT2D eigenvalue weighted by atomic mass is 16.6. The number of anilines is 1. The number of nitrogens with zero attached hydrogens (tertiary/aromatic N) is 3. The van der Waals surface area contributed by atoms with Crippen LogP contribution in [0.1, 0.15) is 11.4 Å². The summed E-state index contributed by atoms with van der Waals surface area (Å²) in [5.41, 5.74) is 0.519. The van der Waals surface area contributed by atoms with Crippen LogP contribution in [-0.2, 0) is 20.9 Å². The average molecular weight is 433 g/mol. The van der Waals surface area contributed by atoms with Crippen LogP contribution in [-0.4, -0.2) is 52.4 Å². The molecule has 13 nitrogen and oxygen atoms in total. The highest BCUT2D eigenvalue weighted by Gasteiger charge is 2.23. The minimum absolute atomic E-state index is 0.156. The Morgan fingerprint density at radius 2 is 1.94 bits per heavy atom. The number of nitrogens with one attached hydrogen (secondary N) is 2. The quantitative estimate of drug-likeness (QED) is 0.385. The molecule has 0 aliphatic carbocycles. The number of ether oxygens (including phenoxy) is 3. The molecule has 0 atom stereocenters. The van der Waals surface area contributed by atoms with E-state index < -0.39 is 36.0 Å². The molecule has 0 saturated heterocycles. The van der Waals surface area contributed by atoms with E-state index in [9.17, 15) is 24.5 Å². The monoisotopic (exact) mass is 433 g/mol. The number of carbonyl (C=O) groups is 3. The first-order valence-corrected chi connectivity index (χ1v) is 9.09. The normalized spacial score (nSPS) is 12.1. The van der Waals surface area contributed by atoms with E-state index in [1.165, 1.54) is 13.8 Å². The molecule has 0 bridgehead atoms. The summed E-state index contributed by atoms with van der Waals surface area (Å²) in [6.45, 7) is 2.58. The number of benzene rings is 1. The van der Waals surface area contributed by atoms with Crippen molar-refractivity contribution in [1.29, 1.82) is 0 Å². The van der Waals surface area contributed by atoms with Gasteiger partial charge in [-0.15, -0.1) is 0 Å². The summed E-state index contributed by atoms with van der Waals surface area (Å²) in [4.78, 5) is 46.1. The molecule has 13 heteroatoms. The number of urea groups is 1. The maximum absolute atomic E-state index is 11.9. The predicted molar refractivity (Wildman–Crippen MR) is 104 cm³/mol. The van der Waals surface area contributed by atoms with Crippen molar-refractivity contribution in [2.24, 2.45) is 0 Å². The Labute approximate surface area is 175 Å². The third kappa shape index (κ3) is 5.26. The Kier molecular flexibility index (Phi) is 6.33. The molecular weight excluding hydrogens is 414 g/mol. The highest BCUT2D eigenvalue weighted by molar-refractivity contribution is 6.02. The van der Waals surface area contributed by atoms with Gasteiger partial charge in [0.05, 0.1) is 4.92 Å². The molecule has 3 amide bonds. The molecule has 0 radical (unpaired) electrons. The third-order valence-corrected chi connectivity index (χ3v) is 4.22. The smallest absolute Gasteiger partial charge is 0.328 e. The van der Waals surface area contributed by atoms with E-state index in [-0.39, 0.29) is 17.1 Å². The van der Waals surface area contributed by atoms with Gasteiger partial charge in [-0.2, -0.15) is 5.10 Å². The number of rotatable bonds is 6. The van der Waals surface area contributed by atoms with Crippen LogP contribution in [0, 0.1) is 24.0 Å². The zero-order chi connectivity index (χ0) is 22.5. The van der Waals surface area contributed by atoms with E-state index in [0.717, 1.165) is 4.68 Å². The molecule has 2 heterocycles. The second kappa shape index (κ2) is 9.11. The molecular formula is C18H19N5O8. The summed E-state index contributed by atoms with van der Waals surface area (Å²) in [6.07, 6.45) is 0. The lowest BCUT2D eigenvalue weighted by molar-refractivity contribution is -0.386. The lowest BCUT2D eigenvalue weighted by Gasteiger charge is -2.19. The molecule has 2 N–H and O–H groups in total. The Bertz CT molecular complexity index is 1050. The van der Waals surface area contributed by atoms with E-state index in [1.54, 1.807) is 18.2 Å². The third-order valence-electron chi connectivity index (χ3n) is 4.22. The molecule has 31 heavy (non-hydrogen) atoms. The van der Waals surface area contributed by atoms with Crippen molar-refractivity contribution in [1.82, 2.24) is 15.1 Å². The summed E-state index contributed by atoms with van der Waals surface area (Å²) < 4.78 is 16.7. The first kappa shape index (κ1) is 21.5. The molecule has 0 saturated carbocycles. The fourth-order valence-electron chi connectivity index (χ4n) is 2.87. The van der Waals surface area contributed by atoms with Crippen molar-refractivity contribution in [2.45, 2.75) is 20.4 Å². The van der Waals surface area contributed by atoms with Crippen molar-refractivity contribution in [2.75, 3.05) is 25.1 Å². The standard InChI is InChI=1S/C18H19N5O8/c1-10-17(23(27)28)11(2)22(21-10)8-16(25)31-9-15(24)20-18(26)19-12-3-4-13-14(7-12)30-6-5-29-13/h3-4,7H,5-6,8-9H2,1-2H3,(H2,19,20,24,26). The van der Waals surface area contributed by atoms with Crippen LogP contribution in [0.2, 0.25) is 0 Å². The lowest BCUT2D eigenvalue weighted by atomic mass is 10.2. The fraction of sp³-hybridized carbons (Fsp3) is 0.333. The van der Waals surface area contributed by atoms with Gasteiger partial charge < -0.3 is 19.5 Å². The molecule has 1 aliphatic rings. The van der Waals surface area contributed by atoms with Gasteiger partial charge in [-0.05, 0) is 26.0 Å². The summed E-state index contributed by atoms with van der Waals surface area (Å²) in [7, 11) is 0. The van der Waals surface area contributed by atoms with Crippen molar-refractivity contribution in [3.05, 3.63) is 39.7 Å². The van der Waals surface area contributed by atoms with Crippen LogP contribution in [0.25, 0.3) is 0 Å². The molecule has 0 fully saturated rings. The topological polar surface area (TPSA) is 164 Å². The molecule has 164 valence electrons. The second-order valence-corrected chi connectivity index (χ2v) is 6.46. The number of aromatic nitrogens is 2. The maximum atomic E-state index is 11.9. The van der Waals surface area contributed by atoms with Crippen LogP contribution in [0.3, 0.4) is 0 Å². The number of hydrogen-bond acceptors (Lipinski definition) is 9. The van der Waals surface area contributed by atoms with E-state index in [2.05, 4.69) is 10.4 Å². The van der Waals surface area contributed by atoms with Crippen LogP contribution in [0.5, 0.6) is 11.5 Å². The van der Waals surface area contributed by atoms with Crippen molar-refractivity contribution < 1.29 is 33.5 Å². The number of nitro groups is 1. The van der Waals surface area contributed by atoms with Gasteiger partial charge in [0.1, 0.15) is 31.1 Å². The number of hydrogen-bond donors (Lipinski definition) is 2. The maximum Gasteiger partial charge on any atom is 0.328 e. The number of amides is 3. The second-order valence-electron chi connectivity index (χ2n) is 6.46. The Morgan fingerprint density at radius 1 is 1.23 bits per heavy atom. The number of carbonyl (C=O) groups excluding carboxylic acids is 3. The van der Waals surface area contributed by atoms with Gasteiger partial charge in [0.2, 0.25) is 0 Å². The van der Waals surface area contributed by atoms with Gasteiger partial charge in [0, 0.05) is 11.8 Å². The van der Waals surface area contributed by atoms with Gasteiger partial charge in [-0.1, -0.05) is 0 Å². The first-order valence-electron chi connectivity index (χ1n) is 9.09. The van der Waals surface area contributed by atoms with Crippen molar-refractivity contribution in [3.63, 3.8) is 0 Å². The van der Waals surface area contributed by atoms with Gasteiger partial charge in [-0.25, -0.2) is 4.79 Å². The summed E-state index contributed by atoms with van der Waals surface area (Å²) in [5.74, 6) is -0.688. The van der Waals surface area contributed by atoms with Gasteiger partial charge in [0.15, 0.2) is 18.1 Å². The summed E-state index contributed by atoms with van der Waals surface area (Å²) in [6, 6.07) is 3.92. The molecule has 3 rings (SSSR count). The molecule has 0 spiro atoms. The van der Waals surface area contributed by atoms with E-state index in [0.29, 0.717) is 30.4 Å². The molecule has 1 aromatic carbocycles. The molecule has 1 aliphatic heterocycles. The Balaban J connectivity index is 1.46. The minimum atomic E-state index is -0.859. The largest absolute Gasteiger partial charge is 0.486 e. The number of imide groups is 1. The van der Waals surface area contributed by atoms with Crippen LogP contribution < -0.4 is 20.1 Å². The summed E-state index contributed by atoms with van der Waals surface area (Å²) >= 11 is 0. The number of esters is 1. The van der Waals surface area contributed by atoms with Crippen LogP contribution in [0.15, 0.2) is 18.2 Å². The van der Waals surface area contributed by atoms with Gasteiger partial charge in [0.25, 0.3) is 5.91 Å². The first-order chi connectivity index (χ1) is 14.7. The fourth-order valence-corrected chi connectivity index (χ4v) is 2.87. The van der Waals surface area contributed by atoms with Crippen LogP contribution >= 0.6 is 0 Å². The molecule has 0 unspecified atom stereocenters. The van der Waals surface area contributed by atoms with Crippen molar-refractivity contribution in [3.8, 4) is 11.5 Å². The SMILES string of the molecule is Cc1nn(CC(=O)OCC(=O)NC(=O)Nc2ccc3c(c2)OCCO3)c(C)c1[N+](=O)[O-]. The minimum Gasteiger partial charge on any atom is -0.486 e. The zero-order valence-electron chi connectivity index (χ0n) is 16.7. The predicted octanol–water partition coefficient (Wildman–Crippen LogP) is 1.07. The number of aryl methyl sites for hydroxylation is 1. The van der Waals surface area contributed by atoms with Gasteiger partial charge in [-0.3, -0.25) is 29.7 Å². The molecule has 2 aromatic rings. The van der Waals surface area contributed by atoms with E-state index >= 15 is 0 Å². The zero-order valence-corrected chi connectivity index (χ0v) is 16.7. The van der Waals surface area contributed by atoms with Gasteiger partial charge >= 0.3 is 17.7 Å². The highest BCUT2D eigenvalue weighted by Crippen LogP contribution is 2.32. The average Bonchev–Trinajstić information content (AvgIpc) is 2.99. The number of fused-ring (bicyclic) bond motifs is 1. The van der Waals surface area contributed by atoms with Crippen molar-refractivity contribution >= 4 is 29.3 Å². The van der Waals surface area contributed by atoms with Crippen LogP contribution in [0.4, 0.5) is 16.2 Å². The Hall–Kier alpha value is -4.16. The molecule has 1 aromatic heterocycles. The Morgan fingerprint density at radius 3 is 2.61 bits per heavy atom. The van der Waals surface area contributed by atoms with E-state index in [1.807, 2.05) is 5.32 Å².